The van der Waals surface area contributed by atoms with Crippen molar-refractivity contribution in [3.05, 3.63) is 84.4 Å². The van der Waals surface area contributed by atoms with Crippen molar-refractivity contribution < 1.29 is 47.5 Å². The Balaban J connectivity index is 1.67. The molecule has 0 spiro atoms. The zero-order valence-corrected chi connectivity index (χ0v) is 41.1. The van der Waals surface area contributed by atoms with E-state index in [0.29, 0.717) is 88.3 Å². The van der Waals surface area contributed by atoms with E-state index < -0.39 is 35.1 Å². The number of amides is 3. The van der Waals surface area contributed by atoms with Crippen LogP contribution in [0.3, 0.4) is 0 Å². The molecule has 4 aromatic rings. The molecule has 4 rings (SSSR count). The maximum atomic E-state index is 12.2. The van der Waals surface area contributed by atoms with Crippen molar-refractivity contribution in [2.75, 3.05) is 46.1 Å². The van der Waals surface area contributed by atoms with Crippen LogP contribution < -0.4 is 34.9 Å². The van der Waals surface area contributed by atoms with E-state index in [1.165, 1.54) is 0 Å². The molecule has 3 N–H and O–H groups in total. The second-order valence-corrected chi connectivity index (χ2v) is 19.1. The molecule has 0 heterocycles. The fourth-order valence-corrected chi connectivity index (χ4v) is 6.32. The lowest BCUT2D eigenvalue weighted by Gasteiger charge is -2.19. The fourth-order valence-electron chi connectivity index (χ4n) is 6.32. The van der Waals surface area contributed by atoms with E-state index in [-0.39, 0.29) is 0 Å². The quantitative estimate of drug-likeness (QED) is 0.0513. The largest absolute Gasteiger partial charge is 0.493 e. The highest BCUT2D eigenvalue weighted by Gasteiger charge is 2.18. The molecule has 3 amide bonds. The summed E-state index contributed by atoms with van der Waals surface area (Å²) in [4.78, 5) is 36.7. The summed E-state index contributed by atoms with van der Waals surface area (Å²) in [5.41, 5.74) is 5.07. The molecule has 0 fully saturated rings. The maximum absolute atomic E-state index is 12.2. The summed E-state index contributed by atoms with van der Waals surface area (Å²) in [5, 5.41) is 8.37. The van der Waals surface area contributed by atoms with Gasteiger partial charge in [-0.1, -0.05) is 43.2 Å². The Morgan fingerprint density at radius 2 is 0.697 bits per heavy atom. The van der Waals surface area contributed by atoms with Crippen molar-refractivity contribution in [2.24, 2.45) is 0 Å². The molecule has 0 radical (unpaired) electrons. The minimum Gasteiger partial charge on any atom is -0.493 e. The molecule has 4 aromatic carbocycles. The van der Waals surface area contributed by atoms with Gasteiger partial charge >= 0.3 is 18.3 Å². The summed E-state index contributed by atoms with van der Waals surface area (Å²) in [6.45, 7) is 23.4. The van der Waals surface area contributed by atoms with E-state index in [4.69, 9.17) is 33.2 Å². The van der Waals surface area contributed by atoms with Gasteiger partial charge in [0.1, 0.15) is 39.8 Å². The van der Waals surface area contributed by atoms with Gasteiger partial charge in [0, 0.05) is 31.8 Å². The van der Waals surface area contributed by atoms with Gasteiger partial charge in [-0.2, -0.15) is 0 Å². The molecule has 0 aliphatic carbocycles. The molecule has 66 heavy (non-hydrogen) atoms. The van der Waals surface area contributed by atoms with Crippen molar-refractivity contribution in [1.29, 1.82) is 0 Å². The lowest BCUT2D eigenvalue weighted by molar-refractivity contribution is 0.0513. The molecule has 0 atom stereocenters. The first kappa shape index (κ1) is 52.5. The van der Waals surface area contributed by atoms with Gasteiger partial charge in [-0.3, -0.25) is 0 Å². The van der Waals surface area contributed by atoms with Gasteiger partial charge in [-0.25, -0.2) is 14.4 Å². The summed E-state index contributed by atoms with van der Waals surface area (Å²) in [6.07, 6.45) is 2.16. The number of nitrogens with one attached hydrogen (secondary N) is 3. The molecule has 360 valence electrons. The molecule has 13 heteroatoms. The Morgan fingerprint density at radius 3 is 1.00 bits per heavy atom. The first-order valence-electron chi connectivity index (χ1n) is 23.1. The Bertz CT molecular complexity index is 2110. The normalized spacial score (nSPS) is 11.6. The predicted molar refractivity (Wildman–Crippen MR) is 261 cm³/mol. The van der Waals surface area contributed by atoms with E-state index in [9.17, 15) is 14.4 Å². The average Bonchev–Trinajstić information content (AvgIpc) is 3.21. The zero-order chi connectivity index (χ0) is 48.3. The first-order chi connectivity index (χ1) is 31.1. The van der Waals surface area contributed by atoms with Crippen LogP contribution in [0.4, 0.5) is 14.4 Å². The molecule has 0 saturated carbocycles. The second-order valence-electron chi connectivity index (χ2n) is 19.1. The molecular weight excluding hydrogens is 839 g/mol. The molecule has 0 aliphatic heterocycles. The number of carbonyl (C=O) groups excluding carboxylic acids is 3. The maximum Gasteiger partial charge on any atom is 0.407 e. The highest BCUT2D eigenvalue weighted by Crippen LogP contribution is 2.38. The smallest absolute Gasteiger partial charge is 0.407 e. The van der Waals surface area contributed by atoms with Crippen LogP contribution in [0, 0.1) is 6.92 Å². The number of hydrogen-bond donors (Lipinski definition) is 3. The summed E-state index contributed by atoms with van der Waals surface area (Å²) in [6, 6.07) is 26.7. The van der Waals surface area contributed by atoms with Crippen LogP contribution in [-0.4, -0.2) is 81.1 Å². The average molecular weight is 912 g/mol. The third kappa shape index (κ3) is 20.4. The monoisotopic (exact) mass is 912 g/mol. The van der Waals surface area contributed by atoms with Crippen molar-refractivity contribution in [2.45, 2.75) is 125 Å². The standard InChI is InChI=1S/C53H73N3O10/c1-12-13-24-60-44-31-42(32-45(35-44)61-25-14-21-54-48(57)64-51(3,4)5)40-28-39(38-19-17-37(2)18-20-38)29-41(30-40)43-33-46(62-26-15-22-55-49(58)65-52(6,7)8)36-47(34-43)63-27-16-23-56-50(59)66-53(9,10)11/h17-20,28-36H,12-16,21-27H2,1-11H3,(H,54,57)(H,55,58)(H,56,59). The van der Waals surface area contributed by atoms with Gasteiger partial charge in [-0.05, 0) is 171 Å². The number of benzene rings is 4. The van der Waals surface area contributed by atoms with Gasteiger partial charge in [0.2, 0.25) is 0 Å². The first-order valence-corrected chi connectivity index (χ1v) is 23.1. The third-order valence-corrected chi connectivity index (χ3v) is 9.29. The van der Waals surface area contributed by atoms with Gasteiger partial charge < -0.3 is 49.1 Å². The van der Waals surface area contributed by atoms with Crippen LogP contribution in [0.25, 0.3) is 33.4 Å². The molecule has 13 nitrogen and oxygen atoms in total. The number of rotatable bonds is 22. The summed E-state index contributed by atoms with van der Waals surface area (Å²) in [7, 11) is 0. The van der Waals surface area contributed by atoms with Crippen LogP contribution in [0.15, 0.2) is 78.9 Å². The number of ether oxygens (including phenoxy) is 7. The van der Waals surface area contributed by atoms with Crippen LogP contribution >= 0.6 is 0 Å². The zero-order valence-electron chi connectivity index (χ0n) is 41.1. The SMILES string of the molecule is CCCCOc1cc(OCCCNC(=O)OC(C)(C)C)cc(-c2cc(-c3ccc(C)cc3)cc(-c3cc(OCCCNC(=O)OC(C)(C)C)cc(OCCCNC(=O)OC(C)(C)C)c3)c2)c1. The topological polar surface area (TPSA) is 152 Å². The number of aryl methyl sites for hydroxylation is 1. The number of hydrogen-bond acceptors (Lipinski definition) is 10. The van der Waals surface area contributed by atoms with Crippen LogP contribution in [0.1, 0.15) is 107 Å². The Morgan fingerprint density at radius 1 is 0.409 bits per heavy atom. The molecule has 0 unspecified atom stereocenters. The van der Waals surface area contributed by atoms with Gasteiger partial charge in [0.15, 0.2) is 0 Å². The van der Waals surface area contributed by atoms with Gasteiger partial charge in [0.05, 0.1) is 26.4 Å². The fraction of sp³-hybridized carbons (Fsp3) is 0.491. The Hall–Kier alpha value is -6.11. The van der Waals surface area contributed by atoms with Crippen molar-refractivity contribution >= 4 is 18.3 Å². The lowest BCUT2D eigenvalue weighted by Crippen LogP contribution is -2.33. The van der Waals surface area contributed by atoms with Crippen LogP contribution in [0.5, 0.6) is 23.0 Å². The second kappa shape index (κ2) is 25.0. The van der Waals surface area contributed by atoms with E-state index in [2.05, 4.69) is 72.3 Å². The van der Waals surface area contributed by atoms with Crippen LogP contribution in [-0.2, 0) is 14.2 Å². The predicted octanol–water partition coefficient (Wildman–Crippen LogP) is 12.1. The minimum absolute atomic E-state index is 0.331. The van der Waals surface area contributed by atoms with E-state index >= 15 is 0 Å². The Labute approximate surface area is 392 Å². The summed E-state index contributed by atoms with van der Waals surface area (Å²) >= 11 is 0. The third-order valence-electron chi connectivity index (χ3n) is 9.29. The Kier molecular flexibility index (Phi) is 19.9. The highest BCUT2D eigenvalue weighted by atomic mass is 16.6. The molecule has 0 aliphatic rings. The minimum atomic E-state index is -0.593. The molecule has 0 bridgehead atoms. The summed E-state index contributed by atoms with van der Waals surface area (Å²) in [5.74, 6) is 2.53. The van der Waals surface area contributed by atoms with Crippen LogP contribution in [0.2, 0.25) is 0 Å². The van der Waals surface area contributed by atoms with E-state index in [0.717, 1.165) is 51.8 Å². The van der Waals surface area contributed by atoms with Gasteiger partial charge in [0.25, 0.3) is 0 Å². The lowest BCUT2D eigenvalue weighted by atomic mass is 9.92. The number of alkyl carbamates (subject to hydrolysis) is 3. The van der Waals surface area contributed by atoms with Gasteiger partial charge in [-0.15, -0.1) is 0 Å². The highest BCUT2D eigenvalue weighted by molar-refractivity contribution is 5.83. The number of unbranched alkanes of at least 4 members (excludes halogenated alkanes) is 1. The van der Waals surface area contributed by atoms with E-state index in [1.807, 2.05) is 98.7 Å². The summed E-state index contributed by atoms with van der Waals surface area (Å²) < 4.78 is 41.3. The van der Waals surface area contributed by atoms with Crippen molar-refractivity contribution in [1.82, 2.24) is 16.0 Å². The van der Waals surface area contributed by atoms with Crippen molar-refractivity contribution in [3.8, 4) is 56.4 Å². The van der Waals surface area contributed by atoms with Crippen molar-refractivity contribution in [3.63, 3.8) is 0 Å². The molecule has 0 aromatic heterocycles. The molecular formula is C53H73N3O10. The number of carbonyl (C=O) groups is 3. The van der Waals surface area contributed by atoms with E-state index in [1.54, 1.807) is 0 Å². The molecule has 0 saturated heterocycles.